The lowest BCUT2D eigenvalue weighted by Crippen LogP contribution is -2.47. The maximum Gasteiger partial charge on any atom is 0.309 e. The van der Waals surface area contributed by atoms with Crippen LogP contribution in [0.25, 0.3) is 0 Å². The van der Waals surface area contributed by atoms with E-state index in [1.807, 2.05) is 0 Å². The summed E-state index contributed by atoms with van der Waals surface area (Å²) in [4.78, 5) is 22.8. The van der Waals surface area contributed by atoms with Gasteiger partial charge in [0, 0.05) is 23.8 Å². The first kappa shape index (κ1) is 20.1. The fraction of sp³-hybridized carbons (Fsp3) is 0.947. The second kappa shape index (κ2) is 9.51. The van der Waals surface area contributed by atoms with Crippen LogP contribution in [-0.4, -0.2) is 34.6 Å². The molecular weight excluding hydrogens is 320 g/mol. The molecule has 0 spiro atoms. The van der Waals surface area contributed by atoms with Gasteiger partial charge in [-0.3, -0.25) is 14.9 Å². The highest BCUT2D eigenvalue weighted by atomic mass is 16.6. The molecule has 2 aliphatic rings. The lowest BCUT2D eigenvalue weighted by Gasteiger charge is -2.43. The summed E-state index contributed by atoms with van der Waals surface area (Å²) in [7, 11) is 0. The first-order valence-corrected chi connectivity index (χ1v) is 10.1. The van der Waals surface area contributed by atoms with Gasteiger partial charge in [-0.2, -0.15) is 0 Å². The Kier molecular flexibility index (Phi) is 7.66. The van der Waals surface area contributed by atoms with Gasteiger partial charge < -0.3 is 10.4 Å². The Hall–Kier alpha value is -1.17. The maximum absolute atomic E-state index is 12.0. The van der Waals surface area contributed by atoms with E-state index in [4.69, 9.17) is 0 Å². The number of carbonyl (C=O) groups is 1. The molecule has 25 heavy (non-hydrogen) atoms. The fourth-order valence-corrected chi connectivity index (χ4v) is 4.83. The van der Waals surface area contributed by atoms with Gasteiger partial charge in [-0.25, -0.2) is 0 Å². The van der Waals surface area contributed by atoms with Crippen molar-refractivity contribution in [1.29, 1.82) is 0 Å². The summed E-state index contributed by atoms with van der Waals surface area (Å²) in [6, 6.07) is -0.0348. The molecule has 0 atom stereocenters. The Morgan fingerprint density at radius 1 is 1.12 bits per heavy atom. The second-order valence-corrected chi connectivity index (χ2v) is 8.04. The van der Waals surface area contributed by atoms with Crippen LogP contribution in [-0.2, 0) is 4.79 Å². The monoisotopic (exact) mass is 354 g/mol. The van der Waals surface area contributed by atoms with E-state index < -0.39 is 17.4 Å². The van der Waals surface area contributed by atoms with Crippen molar-refractivity contribution in [1.82, 2.24) is 5.32 Å². The number of unbranched alkanes of at least 4 members (excludes halogenated alkanes) is 3. The number of nitrogens with one attached hydrogen (secondary N) is 1. The number of hydrogen-bond acceptors (Lipinski definition) is 4. The number of hydrogen-bond donors (Lipinski definition) is 2. The van der Waals surface area contributed by atoms with Crippen LogP contribution in [0.5, 0.6) is 0 Å². The minimum atomic E-state index is -0.731. The first-order valence-electron chi connectivity index (χ1n) is 10.1. The molecule has 0 bridgehead atoms. The number of rotatable bonds is 9. The van der Waals surface area contributed by atoms with Crippen LogP contribution < -0.4 is 5.32 Å². The average molecular weight is 354 g/mol. The van der Waals surface area contributed by atoms with Gasteiger partial charge in [-0.1, -0.05) is 26.2 Å². The van der Waals surface area contributed by atoms with Crippen molar-refractivity contribution < 1.29 is 14.8 Å². The molecule has 6 heteroatoms. The summed E-state index contributed by atoms with van der Waals surface area (Å²) in [5.41, 5.74) is -0.724. The molecule has 2 fully saturated rings. The second-order valence-electron chi connectivity index (χ2n) is 8.04. The van der Waals surface area contributed by atoms with Gasteiger partial charge in [0.1, 0.15) is 0 Å². The van der Waals surface area contributed by atoms with Gasteiger partial charge in [-0.05, 0) is 57.4 Å². The van der Waals surface area contributed by atoms with Crippen molar-refractivity contribution in [2.45, 2.75) is 96.1 Å². The van der Waals surface area contributed by atoms with Gasteiger partial charge in [-0.15, -0.1) is 0 Å². The van der Waals surface area contributed by atoms with Crippen molar-refractivity contribution in [3.8, 4) is 0 Å². The zero-order chi connectivity index (χ0) is 18.3. The fourth-order valence-electron chi connectivity index (χ4n) is 4.83. The third-order valence-electron chi connectivity index (χ3n) is 6.54. The van der Waals surface area contributed by atoms with Crippen LogP contribution >= 0.6 is 0 Å². The summed E-state index contributed by atoms with van der Waals surface area (Å²) in [5.74, 6) is -0.555. The molecule has 0 aromatic heterocycles. The van der Waals surface area contributed by atoms with Crippen LogP contribution in [0.2, 0.25) is 0 Å². The zero-order valence-electron chi connectivity index (χ0n) is 15.5. The molecule has 2 aliphatic carbocycles. The average Bonchev–Trinajstić information content (AvgIpc) is 2.62. The minimum absolute atomic E-state index is 0.177. The quantitative estimate of drug-likeness (QED) is 0.371. The Morgan fingerprint density at radius 3 is 2.28 bits per heavy atom. The van der Waals surface area contributed by atoms with Crippen molar-refractivity contribution in [2.24, 2.45) is 11.3 Å². The molecule has 0 unspecified atom stereocenters. The SMILES string of the molecule is CCCCCCNC1CCC(C2(C(=O)O)CCC([N+](=O)[O-])CC2)CC1. The Balaban J connectivity index is 1.81. The van der Waals surface area contributed by atoms with E-state index in [0.29, 0.717) is 31.7 Å². The Morgan fingerprint density at radius 2 is 1.76 bits per heavy atom. The predicted octanol–water partition coefficient (Wildman–Crippen LogP) is 4.01. The van der Waals surface area contributed by atoms with Crippen LogP contribution in [0, 0.1) is 21.4 Å². The van der Waals surface area contributed by atoms with E-state index in [1.54, 1.807) is 0 Å². The predicted molar refractivity (Wildman–Crippen MR) is 97.2 cm³/mol. The van der Waals surface area contributed by atoms with E-state index in [9.17, 15) is 20.0 Å². The summed E-state index contributed by atoms with van der Waals surface area (Å²) < 4.78 is 0. The molecule has 0 radical (unpaired) electrons. The van der Waals surface area contributed by atoms with Gasteiger partial charge in [0.2, 0.25) is 6.04 Å². The van der Waals surface area contributed by atoms with Gasteiger partial charge in [0.25, 0.3) is 0 Å². The van der Waals surface area contributed by atoms with Gasteiger partial charge >= 0.3 is 5.97 Å². The molecule has 0 heterocycles. The molecule has 0 saturated heterocycles. The topological polar surface area (TPSA) is 92.5 Å². The number of carboxylic acids is 1. The number of nitrogens with zero attached hydrogens (tertiary/aromatic N) is 1. The Labute approximate surface area is 150 Å². The van der Waals surface area contributed by atoms with Gasteiger partial charge in [0.15, 0.2) is 0 Å². The summed E-state index contributed by atoms with van der Waals surface area (Å²) in [6.45, 7) is 3.27. The third kappa shape index (κ3) is 5.16. The lowest BCUT2D eigenvalue weighted by atomic mass is 9.60. The van der Waals surface area contributed by atoms with Crippen LogP contribution in [0.4, 0.5) is 0 Å². The normalized spacial score (nSPS) is 33.1. The smallest absolute Gasteiger partial charge is 0.309 e. The summed E-state index contributed by atoms with van der Waals surface area (Å²) in [6.07, 6.45) is 10.7. The summed E-state index contributed by atoms with van der Waals surface area (Å²) in [5, 5.41) is 24.5. The van der Waals surface area contributed by atoms with Gasteiger partial charge in [0.05, 0.1) is 5.41 Å². The van der Waals surface area contributed by atoms with Crippen molar-refractivity contribution in [2.75, 3.05) is 6.54 Å². The number of aliphatic carboxylic acids is 1. The standard InChI is InChI=1S/C19H34N2O4/c1-2-3-4-5-14-20-16-8-6-15(7-9-16)19(18(22)23)12-10-17(11-13-19)21(24)25/h15-17,20H,2-14H2,1H3,(H,22,23). The highest BCUT2D eigenvalue weighted by molar-refractivity contribution is 5.75. The van der Waals surface area contributed by atoms with E-state index in [2.05, 4.69) is 12.2 Å². The highest BCUT2D eigenvalue weighted by Gasteiger charge is 2.50. The van der Waals surface area contributed by atoms with Crippen molar-refractivity contribution >= 4 is 5.97 Å². The van der Waals surface area contributed by atoms with Crippen LogP contribution in [0.15, 0.2) is 0 Å². The molecule has 0 aromatic rings. The molecular formula is C19H34N2O4. The van der Waals surface area contributed by atoms with E-state index in [0.717, 1.165) is 32.2 Å². The van der Waals surface area contributed by atoms with Crippen LogP contribution in [0.3, 0.4) is 0 Å². The maximum atomic E-state index is 12.0. The molecule has 0 amide bonds. The van der Waals surface area contributed by atoms with E-state index in [1.165, 1.54) is 25.7 Å². The van der Waals surface area contributed by atoms with E-state index >= 15 is 0 Å². The van der Waals surface area contributed by atoms with Crippen molar-refractivity contribution in [3.63, 3.8) is 0 Å². The zero-order valence-corrected chi connectivity index (χ0v) is 15.5. The lowest BCUT2D eigenvalue weighted by molar-refractivity contribution is -0.527. The molecule has 144 valence electrons. The largest absolute Gasteiger partial charge is 0.481 e. The van der Waals surface area contributed by atoms with E-state index in [-0.39, 0.29) is 10.8 Å². The molecule has 2 N–H and O–H groups in total. The first-order chi connectivity index (χ1) is 12.0. The third-order valence-corrected chi connectivity index (χ3v) is 6.54. The van der Waals surface area contributed by atoms with Crippen LogP contribution in [0.1, 0.15) is 84.0 Å². The minimum Gasteiger partial charge on any atom is -0.481 e. The Bertz CT molecular complexity index is 439. The molecule has 0 aliphatic heterocycles. The molecule has 2 rings (SSSR count). The summed E-state index contributed by atoms with van der Waals surface area (Å²) >= 11 is 0. The molecule has 6 nitrogen and oxygen atoms in total. The number of nitro groups is 1. The molecule has 2 saturated carbocycles. The number of carboxylic acid groups (broad SMARTS) is 1. The molecule has 0 aromatic carbocycles. The van der Waals surface area contributed by atoms with Crippen molar-refractivity contribution in [3.05, 3.63) is 10.1 Å². The highest BCUT2D eigenvalue weighted by Crippen LogP contribution is 2.48.